The average molecular weight is 542 g/mol. The van der Waals surface area contributed by atoms with Crippen molar-refractivity contribution in [2.24, 2.45) is 17.6 Å². The number of primary amides is 1. The molecule has 204 valence electrons. The number of Topliss-reactive ketones (excluding diaryl/α,β-unsaturated/α-hetero) is 2. The molecule has 1 amide bonds. The first-order valence-electron chi connectivity index (χ1n) is 12.8. The summed E-state index contributed by atoms with van der Waals surface area (Å²) in [5, 5.41) is 46.5. The van der Waals surface area contributed by atoms with Gasteiger partial charge in [-0.05, 0) is 43.8 Å². The molecule has 3 aromatic rings. The number of nitrogens with zero attached hydrogens (tertiary/aromatic N) is 2. The fourth-order valence-electron chi connectivity index (χ4n) is 6.95. The van der Waals surface area contributed by atoms with Gasteiger partial charge in [-0.25, -0.2) is 0 Å². The van der Waals surface area contributed by atoms with Gasteiger partial charge in [0.1, 0.15) is 22.6 Å². The van der Waals surface area contributed by atoms with Crippen molar-refractivity contribution < 1.29 is 34.8 Å². The summed E-state index contributed by atoms with van der Waals surface area (Å²) in [4.78, 5) is 45.7. The van der Waals surface area contributed by atoms with Crippen LogP contribution in [-0.4, -0.2) is 73.5 Å². The van der Waals surface area contributed by atoms with Crippen molar-refractivity contribution in [1.29, 1.82) is 0 Å². The van der Waals surface area contributed by atoms with E-state index in [1.54, 1.807) is 32.3 Å². The fraction of sp³-hybridized carbons (Fsp3) is 0.267. The summed E-state index contributed by atoms with van der Waals surface area (Å²) >= 11 is 0. The number of phenolic OH excluding ortho intramolecular Hbond substituents is 1. The number of amides is 1. The molecule has 0 aliphatic heterocycles. The minimum absolute atomic E-state index is 0.0167. The number of aromatic nitrogens is 1. The molecule has 0 saturated carbocycles. The number of rotatable bonds is 3. The molecule has 10 nitrogen and oxygen atoms in total. The second-order valence-corrected chi connectivity index (χ2v) is 10.8. The molecule has 5 atom stereocenters. The van der Waals surface area contributed by atoms with Crippen LogP contribution in [0.15, 0.2) is 77.4 Å². The molecule has 0 unspecified atom stereocenters. The summed E-state index contributed by atoms with van der Waals surface area (Å²) < 4.78 is 0. The fourth-order valence-corrected chi connectivity index (χ4v) is 6.95. The molecular formula is C30H27N3O7. The SMILES string of the molecule is CN(C)[C@@H]1C(O)=C(C(N)=O)C(=O)[C@@]2(O)C(O)=C3C(=O)c4c(cc5cccnc5c4O)[C@H](c4ccccc4)[C@H]3C[C@@H]12. The molecule has 0 spiro atoms. The van der Waals surface area contributed by atoms with Crippen molar-refractivity contribution in [1.82, 2.24) is 9.88 Å². The number of fused-ring (bicyclic) bond motifs is 4. The molecule has 6 rings (SSSR count). The number of aliphatic hydroxyl groups is 3. The Hall–Kier alpha value is -4.54. The third-order valence-corrected chi connectivity index (χ3v) is 8.59. The highest BCUT2D eigenvalue weighted by Gasteiger charge is 2.64. The molecule has 3 aliphatic rings. The van der Waals surface area contributed by atoms with E-state index in [1.165, 1.54) is 11.1 Å². The van der Waals surface area contributed by atoms with Gasteiger partial charge < -0.3 is 26.2 Å². The number of nitrogens with two attached hydrogens (primary N) is 1. The van der Waals surface area contributed by atoms with Gasteiger partial charge in [0.2, 0.25) is 5.78 Å². The maximum atomic E-state index is 14.1. The topological polar surface area (TPSA) is 174 Å². The van der Waals surface area contributed by atoms with E-state index in [0.717, 1.165) is 5.56 Å². The van der Waals surface area contributed by atoms with E-state index in [2.05, 4.69) is 4.98 Å². The largest absolute Gasteiger partial charge is 0.510 e. The van der Waals surface area contributed by atoms with E-state index in [9.17, 15) is 34.8 Å². The van der Waals surface area contributed by atoms with Crippen LogP contribution < -0.4 is 5.73 Å². The Morgan fingerprint density at radius 1 is 1.07 bits per heavy atom. The van der Waals surface area contributed by atoms with Gasteiger partial charge in [-0.1, -0.05) is 36.4 Å². The lowest BCUT2D eigenvalue weighted by Crippen LogP contribution is -2.64. The van der Waals surface area contributed by atoms with Crippen LogP contribution in [0.2, 0.25) is 0 Å². The van der Waals surface area contributed by atoms with Crippen LogP contribution in [0.1, 0.15) is 33.8 Å². The van der Waals surface area contributed by atoms with Crippen molar-refractivity contribution in [3.8, 4) is 5.75 Å². The summed E-state index contributed by atoms with van der Waals surface area (Å²) in [7, 11) is 3.19. The number of hydrogen-bond donors (Lipinski definition) is 5. The van der Waals surface area contributed by atoms with Crippen molar-refractivity contribution in [2.75, 3.05) is 14.1 Å². The summed E-state index contributed by atoms with van der Waals surface area (Å²) in [5.74, 6) is -7.63. The van der Waals surface area contributed by atoms with E-state index in [4.69, 9.17) is 5.73 Å². The Balaban J connectivity index is 1.69. The Morgan fingerprint density at radius 2 is 1.77 bits per heavy atom. The first kappa shape index (κ1) is 25.7. The molecule has 0 saturated heterocycles. The van der Waals surface area contributed by atoms with Crippen LogP contribution >= 0.6 is 0 Å². The number of carbonyl (C=O) groups is 3. The number of hydrogen-bond acceptors (Lipinski definition) is 9. The number of phenols is 1. The van der Waals surface area contributed by atoms with Gasteiger partial charge >= 0.3 is 0 Å². The molecule has 0 radical (unpaired) electrons. The predicted molar refractivity (Wildman–Crippen MR) is 144 cm³/mol. The zero-order chi connectivity index (χ0) is 28.7. The van der Waals surface area contributed by atoms with E-state index < -0.39 is 64.0 Å². The average Bonchev–Trinajstić information content (AvgIpc) is 2.91. The van der Waals surface area contributed by atoms with Gasteiger partial charge in [-0.2, -0.15) is 0 Å². The number of allylic oxidation sites excluding steroid dienone is 1. The second kappa shape index (κ2) is 8.73. The third-order valence-electron chi connectivity index (χ3n) is 8.59. The molecule has 6 N–H and O–H groups in total. The minimum Gasteiger partial charge on any atom is -0.510 e. The van der Waals surface area contributed by atoms with E-state index >= 15 is 0 Å². The monoisotopic (exact) mass is 541 g/mol. The van der Waals surface area contributed by atoms with E-state index in [0.29, 0.717) is 10.9 Å². The molecule has 1 aromatic heterocycles. The molecule has 0 bridgehead atoms. The lowest BCUT2D eigenvalue weighted by molar-refractivity contribution is -0.148. The highest BCUT2D eigenvalue weighted by Crippen LogP contribution is 2.57. The number of pyridine rings is 1. The molecule has 2 aromatic carbocycles. The summed E-state index contributed by atoms with van der Waals surface area (Å²) in [6, 6.07) is 13.4. The molecule has 3 aliphatic carbocycles. The van der Waals surface area contributed by atoms with Crippen molar-refractivity contribution >= 4 is 28.4 Å². The van der Waals surface area contributed by atoms with Crippen LogP contribution in [0.4, 0.5) is 0 Å². The van der Waals surface area contributed by atoms with Gasteiger partial charge in [0, 0.05) is 34.9 Å². The standard InChI is InChI=1S/C30H27N3O7/c1-33(2)23-17-12-16-18(13-7-4-3-5-8-13)15-11-14-9-6-10-32-22(14)25(35)19(15)24(34)20(16)27(37)30(17,40)28(38)21(26(23)36)29(31)39/h3-11,16-18,23,35-37,40H,12H2,1-2H3,(H2,31,39)/t16-,17+,18+,23+,30+/m1/s1. The van der Waals surface area contributed by atoms with Crippen LogP contribution in [0.5, 0.6) is 5.75 Å². The Kier molecular flexibility index (Phi) is 5.62. The summed E-state index contributed by atoms with van der Waals surface area (Å²) in [5.41, 5.74) is 3.05. The van der Waals surface area contributed by atoms with Gasteiger partial charge in [-0.3, -0.25) is 24.3 Å². The van der Waals surface area contributed by atoms with E-state index in [-0.39, 0.29) is 28.8 Å². The first-order valence-corrected chi connectivity index (χ1v) is 12.8. The highest BCUT2D eigenvalue weighted by molar-refractivity contribution is 6.25. The lowest BCUT2D eigenvalue weighted by atomic mass is 9.55. The maximum Gasteiger partial charge on any atom is 0.255 e. The Bertz CT molecular complexity index is 1690. The number of ketones is 2. The zero-order valence-electron chi connectivity index (χ0n) is 21.7. The van der Waals surface area contributed by atoms with Crippen LogP contribution in [0.25, 0.3) is 10.9 Å². The zero-order valence-corrected chi connectivity index (χ0v) is 21.7. The number of benzene rings is 2. The van der Waals surface area contributed by atoms with Gasteiger partial charge in [-0.15, -0.1) is 0 Å². The van der Waals surface area contributed by atoms with Crippen molar-refractivity contribution in [2.45, 2.75) is 24.0 Å². The number of carbonyl (C=O) groups excluding carboxylic acids is 3. The van der Waals surface area contributed by atoms with Gasteiger partial charge in [0.25, 0.3) is 5.91 Å². The summed E-state index contributed by atoms with van der Waals surface area (Å²) in [6.07, 6.45) is 1.47. The molecule has 40 heavy (non-hydrogen) atoms. The van der Waals surface area contributed by atoms with Crippen molar-refractivity contribution in [3.05, 3.63) is 94.1 Å². The minimum atomic E-state index is -2.71. The van der Waals surface area contributed by atoms with Gasteiger partial charge in [0.05, 0.1) is 11.6 Å². The van der Waals surface area contributed by atoms with Crippen LogP contribution in [0, 0.1) is 11.8 Å². The predicted octanol–water partition coefficient (Wildman–Crippen LogP) is 2.26. The number of likely N-dealkylation sites (N-methyl/N-ethyl adjacent to an activating group) is 1. The molecule has 1 heterocycles. The normalized spacial score (nSPS) is 28.0. The first-order chi connectivity index (χ1) is 19.0. The van der Waals surface area contributed by atoms with Crippen LogP contribution in [-0.2, 0) is 9.59 Å². The Labute approximate surface area is 228 Å². The van der Waals surface area contributed by atoms with Gasteiger partial charge in [0.15, 0.2) is 17.1 Å². The molecule has 10 heteroatoms. The number of aromatic hydroxyl groups is 1. The van der Waals surface area contributed by atoms with Crippen molar-refractivity contribution in [3.63, 3.8) is 0 Å². The number of aliphatic hydroxyl groups excluding tert-OH is 2. The van der Waals surface area contributed by atoms with Crippen LogP contribution in [0.3, 0.4) is 0 Å². The lowest BCUT2D eigenvalue weighted by Gasteiger charge is -2.51. The highest BCUT2D eigenvalue weighted by atomic mass is 16.3. The Morgan fingerprint density at radius 3 is 2.42 bits per heavy atom. The molecular weight excluding hydrogens is 514 g/mol. The quantitative estimate of drug-likeness (QED) is 0.312. The molecule has 0 fully saturated rings. The third kappa shape index (κ3) is 3.23. The van der Waals surface area contributed by atoms with E-state index in [1.807, 2.05) is 30.3 Å². The smallest absolute Gasteiger partial charge is 0.255 e. The summed E-state index contributed by atoms with van der Waals surface area (Å²) in [6.45, 7) is 0. The maximum absolute atomic E-state index is 14.1. The second-order valence-electron chi connectivity index (χ2n) is 10.8.